The molecule has 0 aromatic carbocycles. The van der Waals surface area contributed by atoms with Gasteiger partial charge in [-0.2, -0.15) is 0 Å². The average molecular weight is 293 g/mol. The number of hydrogen-bond donors (Lipinski definition) is 1. The maximum Gasteiger partial charge on any atom is 0.202 e. The number of hydrogen-bond acceptors (Lipinski definition) is 4. The molecule has 0 unspecified atom stereocenters. The molecule has 98 valence electrons. The highest BCUT2D eigenvalue weighted by molar-refractivity contribution is 7.11. The molecular weight excluding hydrogens is 280 g/mol. The molecular formula is C13H13ClN4S. The summed E-state index contributed by atoms with van der Waals surface area (Å²) in [6.07, 6.45) is 2.67. The topological polar surface area (TPSA) is 56.7 Å². The molecule has 0 aliphatic rings. The van der Waals surface area contributed by atoms with E-state index in [0.29, 0.717) is 17.5 Å². The van der Waals surface area contributed by atoms with Gasteiger partial charge in [-0.15, -0.1) is 11.3 Å². The van der Waals surface area contributed by atoms with Crippen LogP contribution in [0.25, 0.3) is 11.2 Å². The first-order valence-electron chi connectivity index (χ1n) is 6.02. The third-order valence-corrected chi connectivity index (χ3v) is 4.38. The van der Waals surface area contributed by atoms with Gasteiger partial charge in [-0.3, -0.25) is 4.57 Å². The quantitative estimate of drug-likeness (QED) is 0.805. The van der Waals surface area contributed by atoms with E-state index in [-0.39, 0.29) is 0 Å². The maximum absolute atomic E-state index is 5.96. The second kappa shape index (κ2) is 4.83. The van der Waals surface area contributed by atoms with Crippen molar-refractivity contribution in [3.05, 3.63) is 39.2 Å². The van der Waals surface area contributed by atoms with E-state index in [1.165, 1.54) is 9.75 Å². The van der Waals surface area contributed by atoms with Gasteiger partial charge in [-0.25, -0.2) is 9.97 Å². The van der Waals surface area contributed by atoms with E-state index in [1.54, 1.807) is 23.6 Å². The van der Waals surface area contributed by atoms with Crippen LogP contribution in [0.5, 0.6) is 0 Å². The fourth-order valence-corrected chi connectivity index (χ4v) is 3.11. The fraction of sp³-hybridized carbons (Fsp3) is 0.231. The van der Waals surface area contributed by atoms with Crippen molar-refractivity contribution in [3.63, 3.8) is 0 Å². The van der Waals surface area contributed by atoms with E-state index in [2.05, 4.69) is 29.0 Å². The van der Waals surface area contributed by atoms with Crippen LogP contribution in [-0.4, -0.2) is 14.5 Å². The lowest BCUT2D eigenvalue weighted by atomic mass is 10.3. The summed E-state index contributed by atoms with van der Waals surface area (Å²) in [4.78, 5) is 11.2. The molecule has 0 aliphatic carbocycles. The number of nitrogens with two attached hydrogens (primary N) is 1. The molecule has 19 heavy (non-hydrogen) atoms. The number of imidazole rings is 1. The second-order valence-corrected chi connectivity index (χ2v) is 5.96. The molecule has 0 atom stereocenters. The number of aryl methyl sites for hydroxylation is 1. The number of fused-ring (bicyclic) bond motifs is 1. The molecule has 3 aromatic rings. The Hall–Kier alpha value is -1.59. The zero-order valence-electron chi connectivity index (χ0n) is 10.4. The maximum atomic E-state index is 5.96. The van der Waals surface area contributed by atoms with E-state index in [4.69, 9.17) is 17.3 Å². The summed E-state index contributed by atoms with van der Waals surface area (Å²) in [5, 5.41) is 0.571. The Bertz CT molecular complexity index is 731. The summed E-state index contributed by atoms with van der Waals surface area (Å²) < 4.78 is 1.91. The fourth-order valence-electron chi connectivity index (χ4n) is 2.01. The van der Waals surface area contributed by atoms with Gasteiger partial charge in [-0.1, -0.05) is 18.5 Å². The van der Waals surface area contributed by atoms with Crippen molar-refractivity contribution in [3.8, 4) is 0 Å². The van der Waals surface area contributed by atoms with Crippen molar-refractivity contribution in [2.75, 3.05) is 5.73 Å². The largest absolute Gasteiger partial charge is 0.369 e. The Labute approximate surface area is 119 Å². The van der Waals surface area contributed by atoms with Crippen LogP contribution < -0.4 is 5.73 Å². The highest BCUT2D eigenvalue weighted by Gasteiger charge is 2.11. The second-order valence-electron chi connectivity index (χ2n) is 4.27. The van der Waals surface area contributed by atoms with Crippen molar-refractivity contribution in [2.45, 2.75) is 19.9 Å². The summed E-state index contributed by atoms with van der Waals surface area (Å²) >= 11 is 7.71. The molecule has 3 aromatic heterocycles. The minimum Gasteiger partial charge on any atom is -0.369 e. The van der Waals surface area contributed by atoms with Crippen molar-refractivity contribution in [2.24, 2.45) is 0 Å². The van der Waals surface area contributed by atoms with Gasteiger partial charge in [-0.05, 0) is 24.6 Å². The molecule has 0 saturated carbocycles. The number of anilines is 1. The predicted molar refractivity (Wildman–Crippen MR) is 79.7 cm³/mol. The van der Waals surface area contributed by atoms with Gasteiger partial charge in [0.2, 0.25) is 5.95 Å². The summed E-state index contributed by atoms with van der Waals surface area (Å²) in [6, 6.07) is 6.06. The van der Waals surface area contributed by atoms with Crippen LogP contribution in [0.2, 0.25) is 5.02 Å². The number of aromatic nitrogens is 3. The summed E-state index contributed by atoms with van der Waals surface area (Å²) in [7, 11) is 0. The number of rotatable bonds is 3. The van der Waals surface area contributed by atoms with Crippen molar-refractivity contribution in [1.29, 1.82) is 0 Å². The monoisotopic (exact) mass is 292 g/mol. The number of pyridine rings is 1. The molecule has 0 amide bonds. The van der Waals surface area contributed by atoms with Crippen LogP contribution in [-0.2, 0) is 13.0 Å². The minimum absolute atomic E-state index is 0.469. The zero-order chi connectivity index (χ0) is 13.4. The van der Waals surface area contributed by atoms with Gasteiger partial charge < -0.3 is 5.73 Å². The van der Waals surface area contributed by atoms with Gasteiger partial charge in [0.1, 0.15) is 5.52 Å². The summed E-state index contributed by atoms with van der Waals surface area (Å²) in [5.41, 5.74) is 7.47. The lowest BCUT2D eigenvalue weighted by molar-refractivity contribution is 0.841. The third kappa shape index (κ3) is 2.31. The molecule has 4 nitrogen and oxygen atoms in total. The number of nitrogens with zero attached hydrogens (tertiary/aromatic N) is 3. The lowest BCUT2D eigenvalue weighted by Gasteiger charge is -2.03. The van der Waals surface area contributed by atoms with Gasteiger partial charge in [0.15, 0.2) is 5.65 Å². The molecule has 0 aliphatic heterocycles. The number of halogens is 1. The van der Waals surface area contributed by atoms with E-state index in [9.17, 15) is 0 Å². The van der Waals surface area contributed by atoms with Gasteiger partial charge in [0.25, 0.3) is 0 Å². The normalized spacial score (nSPS) is 11.3. The van der Waals surface area contributed by atoms with E-state index < -0.39 is 0 Å². The smallest absolute Gasteiger partial charge is 0.202 e. The molecule has 0 spiro atoms. The number of thiophene rings is 1. The van der Waals surface area contributed by atoms with E-state index >= 15 is 0 Å². The van der Waals surface area contributed by atoms with Crippen molar-refractivity contribution in [1.82, 2.24) is 14.5 Å². The van der Waals surface area contributed by atoms with Crippen LogP contribution in [0.15, 0.2) is 24.4 Å². The van der Waals surface area contributed by atoms with Crippen molar-refractivity contribution < 1.29 is 0 Å². The minimum atomic E-state index is 0.469. The van der Waals surface area contributed by atoms with Crippen LogP contribution in [0.3, 0.4) is 0 Å². The highest BCUT2D eigenvalue weighted by Crippen LogP contribution is 2.23. The van der Waals surface area contributed by atoms with E-state index in [1.807, 2.05) is 4.57 Å². The van der Waals surface area contributed by atoms with E-state index in [0.717, 1.165) is 17.6 Å². The van der Waals surface area contributed by atoms with Gasteiger partial charge in [0, 0.05) is 16.0 Å². The Balaban J connectivity index is 2.02. The Morgan fingerprint density at radius 1 is 1.37 bits per heavy atom. The first-order valence-corrected chi connectivity index (χ1v) is 7.21. The van der Waals surface area contributed by atoms with Crippen LogP contribution >= 0.6 is 22.9 Å². The van der Waals surface area contributed by atoms with Gasteiger partial charge in [0.05, 0.1) is 11.6 Å². The molecule has 3 rings (SSSR count). The third-order valence-electron chi connectivity index (χ3n) is 2.96. The standard InChI is InChI=1S/C13H13ClN4S/c1-2-9-3-4-10(19-9)7-18-12-11(17-13(18)15)5-8(14)6-16-12/h3-6H,2,7H2,1H3,(H2,15,17). The Kier molecular flexibility index (Phi) is 3.16. The Morgan fingerprint density at radius 3 is 2.89 bits per heavy atom. The van der Waals surface area contributed by atoms with Crippen LogP contribution in [0, 0.1) is 0 Å². The van der Waals surface area contributed by atoms with Crippen LogP contribution in [0.4, 0.5) is 5.95 Å². The predicted octanol–water partition coefficient (Wildman–Crippen LogP) is 3.34. The molecule has 0 bridgehead atoms. The summed E-state index contributed by atoms with van der Waals surface area (Å²) in [5.74, 6) is 0.469. The zero-order valence-corrected chi connectivity index (χ0v) is 12.0. The molecule has 3 heterocycles. The summed E-state index contributed by atoms with van der Waals surface area (Å²) in [6.45, 7) is 2.85. The van der Waals surface area contributed by atoms with Gasteiger partial charge >= 0.3 is 0 Å². The molecule has 6 heteroatoms. The average Bonchev–Trinajstić information content (AvgIpc) is 2.95. The molecule has 0 fully saturated rings. The molecule has 2 N–H and O–H groups in total. The molecule has 0 radical (unpaired) electrons. The highest BCUT2D eigenvalue weighted by atomic mass is 35.5. The SMILES string of the molecule is CCc1ccc(Cn2c(N)nc3cc(Cl)cnc32)s1. The number of nitrogen functional groups attached to an aromatic ring is 1. The van der Waals surface area contributed by atoms with Crippen LogP contribution in [0.1, 0.15) is 16.7 Å². The Morgan fingerprint density at radius 2 is 2.16 bits per heavy atom. The lowest BCUT2D eigenvalue weighted by Crippen LogP contribution is -2.04. The van der Waals surface area contributed by atoms with Crippen molar-refractivity contribution >= 4 is 40.0 Å². The first kappa shape index (κ1) is 12.4. The first-order chi connectivity index (χ1) is 9.17. The molecule has 0 saturated heterocycles.